The van der Waals surface area contributed by atoms with E-state index < -0.39 is 5.72 Å². The molecule has 0 amide bonds. The zero-order valence-electron chi connectivity index (χ0n) is 20.5. The molecule has 3 aliphatic heterocycles. The fraction of sp³-hybridized carbons (Fsp3) is 0.258. The number of aryl methyl sites for hydroxylation is 1. The Morgan fingerprint density at radius 2 is 1.54 bits per heavy atom. The first-order valence-corrected chi connectivity index (χ1v) is 12.5. The molecule has 0 aliphatic carbocycles. The van der Waals surface area contributed by atoms with Crippen molar-refractivity contribution in [1.82, 2.24) is 0 Å². The second-order valence-electron chi connectivity index (χ2n) is 10.4. The maximum Gasteiger partial charge on any atom is 0.228 e. The van der Waals surface area contributed by atoms with Gasteiger partial charge in [0, 0.05) is 41.8 Å². The lowest BCUT2D eigenvalue weighted by atomic mass is 9.77. The Morgan fingerprint density at radius 1 is 0.829 bits per heavy atom. The number of anilines is 3. The van der Waals surface area contributed by atoms with Crippen molar-refractivity contribution in [2.75, 3.05) is 23.4 Å². The molecule has 4 aromatic rings. The largest absolute Gasteiger partial charge is 0.459 e. The third kappa shape index (κ3) is 2.65. The average Bonchev–Trinajstić information content (AvgIpc) is 3.06. The molecule has 3 heterocycles. The third-order valence-corrected chi connectivity index (χ3v) is 8.33. The number of rotatable bonds is 1. The molecule has 4 nitrogen and oxygen atoms in total. The number of likely N-dealkylation sites (N-methyl/N-ethyl adjacent to an activating group) is 1. The molecule has 0 N–H and O–H groups in total. The molecule has 0 saturated heterocycles. The number of fused-ring (bicyclic) bond motifs is 5. The summed E-state index contributed by atoms with van der Waals surface area (Å²) in [4.78, 5) is 9.82. The van der Waals surface area contributed by atoms with Crippen molar-refractivity contribution >= 4 is 39.7 Å². The summed E-state index contributed by atoms with van der Waals surface area (Å²) in [6.07, 6.45) is 4.28. The summed E-state index contributed by atoms with van der Waals surface area (Å²) in [5, 5.41) is 2.34. The van der Waals surface area contributed by atoms with Crippen molar-refractivity contribution in [2.24, 2.45) is 4.99 Å². The van der Waals surface area contributed by atoms with Crippen LogP contribution < -0.4 is 14.5 Å². The Balaban J connectivity index is 1.43. The van der Waals surface area contributed by atoms with Crippen LogP contribution in [0.1, 0.15) is 31.4 Å². The van der Waals surface area contributed by atoms with E-state index in [9.17, 15) is 0 Å². The van der Waals surface area contributed by atoms with Crippen molar-refractivity contribution < 1.29 is 4.74 Å². The molecular formula is C31H29N3O. The fourth-order valence-corrected chi connectivity index (χ4v) is 6.41. The second-order valence-corrected chi connectivity index (χ2v) is 10.4. The molecule has 0 aromatic heterocycles. The standard InChI is InChI=1S/C31H29N3O/c1-30(2)24-15-7-9-17-26(24)33(3)31(30)20-32-29-23-14-6-5-13-22(23)27(19-28(29)35-31)34-18-10-12-21-11-4-8-16-25(21)34/h4-9,11,13-17,19-20H,10,12,18H2,1-3H3. The van der Waals surface area contributed by atoms with Gasteiger partial charge in [-0.1, -0.05) is 60.7 Å². The Morgan fingerprint density at radius 3 is 2.37 bits per heavy atom. The van der Waals surface area contributed by atoms with E-state index in [1.54, 1.807) is 0 Å². The molecule has 7 rings (SSSR count). The molecule has 4 heteroatoms. The van der Waals surface area contributed by atoms with Crippen LogP contribution in [-0.4, -0.2) is 25.5 Å². The SMILES string of the molecule is CN1c2ccccc2C(C)(C)C12C=Nc1c(cc(N3CCCc4ccccc43)c3ccccc13)O2. The highest BCUT2D eigenvalue weighted by Gasteiger charge is 2.58. The smallest absolute Gasteiger partial charge is 0.228 e. The number of benzene rings is 4. The van der Waals surface area contributed by atoms with Crippen molar-refractivity contribution in [3.05, 3.63) is 90.0 Å². The van der Waals surface area contributed by atoms with E-state index in [1.165, 1.54) is 33.6 Å². The van der Waals surface area contributed by atoms with Gasteiger partial charge in [0.25, 0.3) is 0 Å². The maximum absolute atomic E-state index is 7.07. The molecular weight excluding hydrogens is 430 g/mol. The normalized spacial score (nSPS) is 21.6. The Kier molecular flexibility index (Phi) is 4.18. The van der Waals surface area contributed by atoms with Gasteiger partial charge in [-0.25, -0.2) is 0 Å². The Hall–Kier alpha value is -3.79. The van der Waals surface area contributed by atoms with Gasteiger partial charge >= 0.3 is 0 Å². The van der Waals surface area contributed by atoms with Crippen LogP contribution in [0.2, 0.25) is 0 Å². The van der Waals surface area contributed by atoms with Gasteiger partial charge in [0.15, 0.2) is 5.75 Å². The van der Waals surface area contributed by atoms with Crippen molar-refractivity contribution in [3.63, 3.8) is 0 Å². The third-order valence-electron chi connectivity index (χ3n) is 8.33. The van der Waals surface area contributed by atoms with E-state index in [4.69, 9.17) is 9.73 Å². The van der Waals surface area contributed by atoms with Gasteiger partial charge in [0.05, 0.1) is 17.3 Å². The Bertz CT molecular complexity index is 1520. The monoisotopic (exact) mass is 459 g/mol. The molecule has 3 aliphatic rings. The van der Waals surface area contributed by atoms with Crippen LogP contribution in [0.5, 0.6) is 5.75 Å². The lowest BCUT2D eigenvalue weighted by Gasteiger charge is -2.45. The molecule has 4 aromatic carbocycles. The zero-order valence-corrected chi connectivity index (χ0v) is 20.5. The van der Waals surface area contributed by atoms with Crippen molar-refractivity contribution in [2.45, 2.75) is 37.8 Å². The van der Waals surface area contributed by atoms with Gasteiger partial charge in [-0.15, -0.1) is 0 Å². The van der Waals surface area contributed by atoms with Crippen LogP contribution in [0, 0.1) is 0 Å². The summed E-state index contributed by atoms with van der Waals surface area (Å²) in [6.45, 7) is 5.51. The minimum atomic E-state index is -0.691. The highest BCUT2D eigenvalue weighted by molar-refractivity contribution is 6.07. The van der Waals surface area contributed by atoms with Gasteiger partial charge in [-0.05, 0) is 49.9 Å². The van der Waals surface area contributed by atoms with Crippen molar-refractivity contribution in [3.8, 4) is 5.75 Å². The van der Waals surface area contributed by atoms with Gasteiger partial charge < -0.3 is 14.5 Å². The highest BCUT2D eigenvalue weighted by Crippen LogP contribution is 2.55. The Labute approximate surface area is 206 Å². The van der Waals surface area contributed by atoms with E-state index in [0.717, 1.165) is 36.2 Å². The number of para-hydroxylation sites is 2. The summed E-state index contributed by atoms with van der Waals surface area (Å²) in [5.41, 5.74) is 6.32. The lowest BCUT2D eigenvalue weighted by molar-refractivity contribution is 0.0827. The highest BCUT2D eigenvalue weighted by atomic mass is 16.5. The van der Waals surface area contributed by atoms with Crippen LogP contribution in [0.15, 0.2) is 83.9 Å². The maximum atomic E-state index is 7.07. The van der Waals surface area contributed by atoms with Gasteiger partial charge in [-0.2, -0.15) is 0 Å². The summed E-state index contributed by atoms with van der Waals surface area (Å²) in [7, 11) is 2.12. The first kappa shape index (κ1) is 20.6. The molecule has 0 radical (unpaired) electrons. The first-order valence-electron chi connectivity index (χ1n) is 12.5. The van der Waals surface area contributed by atoms with Crippen LogP contribution in [0.4, 0.5) is 22.7 Å². The van der Waals surface area contributed by atoms with Crippen LogP contribution in [0.3, 0.4) is 0 Å². The van der Waals surface area contributed by atoms with Gasteiger partial charge in [0.1, 0.15) is 5.69 Å². The minimum absolute atomic E-state index is 0.275. The molecule has 174 valence electrons. The number of nitrogens with zero attached hydrogens (tertiary/aromatic N) is 3. The minimum Gasteiger partial charge on any atom is -0.459 e. The number of hydrogen-bond acceptors (Lipinski definition) is 4. The van der Waals surface area contributed by atoms with Crippen LogP contribution in [0.25, 0.3) is 10.8 Å². The molecule has 0 saturated carbocycles. The number of aliphatic imine (C=N–C) groups is 1. The quantitative estimate of drug-likeness (QED) is 0.303. The van der Waals surface area contributed by atoms with E-state index in [2.05, 4.69) is 110 Å². The molecule has 0 bridgehead atoms. The van der Waals surface area contributed by atoms with Gasteiger partial charge in [-0.3, -0.25) is 4.99 Å². The molecule has 1 atom stereocenters. The first-order chi connectivity index (χ1) is 17.0. The number of hydrogen-bond donors (Lipinski definition) is 0. The lowest BCUT2D eigenvalue weighted by Crippen LogP contribution is -2.61. The summed E-state index contributed by atoms with van der Waals surface area (Å²) >= 11 is 0. The second kappa shape index (κ2) is 7.11. The molecule has 35 heavy (non-hydrogen) atoms. The summed E-state index contributed by atoms with van der Waals surface area (Å²) in [5.74, 6) is 0.844. The van der Waals surface area contributed by atoms with E-state index in [0.29, 0.717) is 0 Å². The summed E-state index contributed by atoms with van der Waals surface area (Å²) < 4.78 is 7.07. The van der Waals surface area contributed by atoms with Crippen LogP contribution >= 0.6 is 0 Å². The van der Waals surface area contributed by atoms with Gasteiger partial charge in [0.2, 0.25) is 5.72 Å². The summed E-state index contributed by atoms with van der Waals surface area (Å²) in [6, 6.07) is 28.2. The fourth-order valence-electron chi connectivity index (χ4n) is 6.41. The number of ether oxygens (including phenoxy) is 1. The predicted molar refractivity (Wildman–Crippen MR) is 145 cm³/mol. The van der Waals surface area contributed by atoms with E-state index in [1.807, 2.05) is 6.21 Å². The van der Waals surface area contributed by atoms with E-state index in [-0.39, 0.29) is 5.41 Å². The van der Waals surface area contributed by atoms with Crippen LogP contribution in [-0.2, 0) is 11.8 Å². The molecule has 1 unspecified atom stereocenters. The van der Waals surface area contributed by atoms with Crippen molar-refractivity contribution in [1.29, 1.82) is 0 Å². The average molecular weight is 460 g/mol. The molecule has 1 spiro atoms. The topological polar surface area (TPSA) is 28.1 Å². The predicted octanol–water partition coefficient (Wildman–Crippen LogP) is 7.14. The zero-order chi connectivity index (χ0) is 23.8. The van der Waals surface area contributed by atoms with E-state index >= 15 is 0 Å². The molecule has 0 fully saturated rings.